The normalized spacial score (nSPS) is 23.9. The van der Waals surface area contributed by atoms with Crippen LogP contribution in [0.2, 0.25) is 4.34 Å². The Balaban J connectivity index is 1.67. The van der Waals surface area contributed by atoms with E-state index in [1.54, 1.807) is 17.0 Å². The molecule has 2 aliphatic rings. The highest BCUT2D eigenvalue weighted by Gasteiger charge is 2.32. The first-order chi connectivity index (χ1) is 11.0. The largest absolute Gasteiger partial charge is 0.340 e. The van der Waals surface area contributed by atoms with Gasteiger partial charge in [-0.25, -0.2) is 8.42 Å². The predicted molar refractivity (Wildman–Crippen MR) is 90.3 cm³/mol. The summed E-state index contributed by atoms with van der Waals surface area (Å²) in [5.41, 5.74) is 0. The first-order valence-electron chi connectivity index (χ1n) is 7.76. The first kappa shape index (κ1) is 17.2. The molecular formula is C14H20ClN3O3S2. The Labute approximate surface area is 145 Å². The van der Waals surface area contributed by atoms with Gasteiger partial charge in [-0.15, -0.1) is 11.3 Å². The van der Waals surface area contributed by atoms with E-state index < -0.39 is 10.0 Å². The molecule has 1 atom stereocenters. The number of thiophene rings is 1. The zero-order chi connectivity index (χ0) is 16.4. The lowest BCUT2D eigenvalue weighted by Crippen LogP contribution is -2.45. The second-order valence-electron chi connectivity index (χ2n) is 5.79. The lowest BCUT2D eigenvalue weighted by atomic mass is 10.2. The van der Waals surface area contributed by atoms with Crippen LogP contribution >= 0.6 is 22.9 Å². The van der Waals surface area contributed by atoms with E-state index in [4.69, 9.17) is 11.6 Å². The van der Waals surface area contributed by atoms with E-state index in [9.17, 15) is 13.2 Å². The van der Waals surface area contributed by atoms with Gasteiger partial charge in [-0.05, 0) is 37.9 Å². The topological polar surface area (TPSA) is 69.7 Å². The molecule has 1 N–H and O–H groups in total. The Morgan fingerprint density at radius 1 is 1.22 bits per heavy atom. The van der Waals surface area contributed by atoms with Crippen molar-refractivity contribution in [1.82, 2.24) is 14.5 Å². The van der Waals surface area contributed by atoms with Crippen LogP contribution in [-0.2, 0) is 14.8 Å². The Morgan fingerprint density at radius 2 is 2.04 bits per heavy atom. The molecule has 1 amide bonds. The molecule has 0 bridgehead atoms. The summed E-state index contributed by atoms with van der Waals surface area (Å²) < 4.78 is 27.5. The predicted octanol–water partition coefficient (Wildman–Crippen LogP) is 1.38. The fourth-order valence-electron chi connectivity index (χ4n) is 3.03. The van der Waals surface area contributed by atoms with Gasteiger partial charge in [-0.1, -0.05) is 11.6 Å². The molecule has 6 nitrogen and oxygen atoms in total. The molecule has 3 heterocycles. The lowest BCUT2D eigenvalue weighted by Gasteiger charge is -2.24. The highest BCUT2D eigenvalue weighted by molar-refractivity contribution is 7.91. The first-order valence-corrected chi connectivity index (χ1v) is 10.4. The molecule has 0 radical (unpaired) electrons. The van der Waals surface area contributed by atoms with Crippen LogP contribution in [0.15, 0.2) is 16.3 Å². The molecule has 9 heteroatoms. The van der Waals surface area contributed by atoms with E-state index in [1.807, 2.05) is 0 Å². The maximum Gasteiger partial charge on any atom is 0.252 e. The quantitative estimate of drug-likeness (QED) is 0.863. The number of halogens is 1. The van der Waals surface area contributed by atoms with Crippen LogP contribution in [0.5, 0.6) is 0 Å². The zero-order valence-electron chi connectivity index (χ0n) is 12.7. The van der Waals surface area contributed by atoms with Crippen LogP contribution in [0.1, 0.15) is 19.3 Å². The number of sulfonamides is 1. The number of amides is 1. The molecule has 23 heavy (non-hydrogen) atoms. The number of rotatable bonds is 3. The van der Waals surface area contributed by atoms with Crippen LogP contribution in [0.25, 0.3) is 0 Å². The summed E-state index contributed by atoms with van der Waals surface area (Å²) >= 11 is 6.92. The lowest BCUT2D eigenvalue weighted by molar-refractivity contribution is -0.132. The molecule has 2 saturated heterocycles. The minimum Gasteiger partial charge on any atom is -0.340 e. The van der Waals surface area contributed by atoms with E-state index in [0.29, 0.717) is 36.9 Å². The number of carbonyl (C=O) groups is 1. The number of nitrogens with zero attached hydrogens (tertiary/aromatic N) is 2. The summed E-state index contributed by atoms with van der Waals surface area (Å²) in [5, 5.41) is 3.21. The smallest absolute Gasteiger partial charge is 0.252 e. The van der Waals surface area contributed by atoms with Gasteiger partial charge in [-0.3, -0.25) is 4.79 Å². The summed E-state index contributed by atoms with van der Waals surface area (Å²) in [4.78, 5) is 14.3. The molecule has 128 valence electrons. The molecule has 1 unspecified atom stereocenters. The average molecular weight is 378 g/mol. The monoisotopic (exact) mass is 377 g/mol. The summed E-state index contributed by atoms with van der Waals surface area (Å²) in [7, 11) is -3.52. The summed E-state index contributed by atoms with van der Waals surface area (Å²) in [6.45, 7) is 2.68. The van der Waals surface area contributed by atoms with Gasteiger partial charge in [0.2, 0.25) is 5.91 Å². The van der Waals surface area contributed by atoms with Crippen LogP contribution in [0, 0.1) is 0 Å². The van der Waals surface area contributed by atoms with Gasteiger partial charge >= 0.3 is 0 Å². The summed E-state index contributed by atoms with van der Waals surface area (Å²) in [6, 6.07) is 3.03. The van der Waals surface area contributed by atoms with Crippen molar-refractivity contribution < 1.29 is 13.2 Å². The van der Waals surface area contributed by atoms with Gasteiger partial charge in [0, 0.05) is 26.2 Å². The van der Waals surface area contributed by atoms with Crippen LogP contribution in [0.4, 0.5) is 0 Å². The van der Waals surface area contributed by atoms with Crippen molar-refractivity contribution in [2.24, 2.45) is 0 Å². The zero-order valence-corrected chi connectivity index (χ0v) is 15.1. The third kappa shape index (κ3) is 3.71. The molecule has 0 aliphatic carbocycles. The molecule has 1 aromatic heterocycles. The van der Waals surface area contributed by atoms with Crippen molar-refractivity contribution in [2.45, 2.75) is 29.5 Å². The minimum absolute atomic E-state index is 0.0981. The molecule has 2 aliphatic heterocycles. The second kappa shape index (κ2) is 7.06. The molecule has 0 aromatic carbocycles. The van der Waals surface area contributed by atoms with E-state index in [2.05, 4.69) is 5.32 Å². The number of hydrogen-bond acceptors (Lipinski definition) is 5. The van der Waals surface area contributed by atoms with Crippen molar-refractivity contribution >= 4 is 38.9 Å². The maximum atomic E-state index is 12.6. The van der Waals surface area contributed by atoms with E-state index in [-0.39, 0.29) is 16.2 Å². The van der Waals surface area contributed by atoms with Gasteiger partial charge in [0.25, 0.3) is 10.0 Å². The SMILES string of the molecule is O=C(C1CCCN1)N1CCCN(S(=O)(=O)c2ccc(Cl)s2)CC1. The van der Waals surface area contributed by atoms with Gasteiger partial charge < -0.3 is 10.2 Å². The Hall–Kier alpha value is -0.670. The van der Waals surface area contributed by atoms with Gasteiger partial charge in [0.05, 0.1) is 10.4 Å². The fourth-order valence-corrected chi connectivity index (χ4v) is 6.14. The highest BCUT2D eigenvalue weighted by atomic mass is 35.5. The van der Waals surface area contributed by atoms with E-state index in [1.165, 1.54) is 4.31 Å². The molecule has 1 aromatic rings. The third-order valence-corrected chi connectivity index (χ3v) is 7.86. The summed E-state index contributed by atoms with van der Waals surface area (Å²) in [5.74, 6) is 0.0981. The van der Waals surface area contributed by atoms with Crippen LogP contribution in [0.3, 0.4) is 0 Å². The Kier molecular flexibility index (Phi) is 5.27. The van der Waals surface area contributed by atoms with Gasteiger partial charge in [-0.2, -0.15) is 4.31 Å². The van der Waals surface area contributed by atoms with Gasteiger partial charge in [0.1, 0.15) is 4.21 Å². The Bertz CT molecular complexity index is 671. The Morgan fingerprint density at radius 3 is 2.70 bits per heavy atom. The fraction of sp³-hybridized carbons (Fsp3) is 0.643. The van der Waals surface area contributed by atoms with Crippen molar-refractivity contribution in [3.05, 3.63) is 16.5 Å². The number of nitrogens with one attached hydrogen (secondary N) is 1. The van der Waals surface area contributed by atoms with Crippen LogP contribution in [-0.4, -0.2) is 62.3 Å². The maximum absolute atomic E-state index is 12.6. The van der Waals surface area contributed by atoms with Crippen molar-refractivity contribution in [3.63, 3.8) is 0 Å². The van der Waals surface area contributed by atoms with E-state index >= 15 is 0 Å². The standard InChI is InChI=1S/C14H20ClN3O3S2/c15-12-4-5-13(22-12)23(20,21)18-8-2-7-17(9-10-18)14(19)11-3-1-6-16-11/h4-5,11,16H,1-3,6-10H2. The second-order valence-corrected chi connectivity index (χ2v) is 9.67. The molecule has 2 fully saturated rings. The molecular weight excluding hydrogens is 358 g/mol. The molecule has 3 rings (SSSR count). The minimum atomic E-state index is -3.52. The summed E-state index contributed by atoms with van der Waals surface area (Å²) in [6.07, 6.45) is 2.53. The molecule has 0 spiro atoms. The van der Waals surface area contributed by atoms with E-state index in [0.717, 1.165) is 30.7 Å². The van der Waals surface area contributed by atoms with Crippen molar-refractivity contribution in [2.75, 3.05) is 32.7 Å². The highest BCUT2D eigenvalue weighted by Crippen LogP contribution is 2.28. The van der Waals surface area contributed by atoms with Crippen molar-refractivity contribution in [3.8, 4) is 0 Å². The third-order valence-electron chi connectivity index (χ3n) is 4.27. The number of carbonyl (C=O) groups excluding carboxylic acids is 1. The molecule has 0 saturated carbocycles. The van der Waals surface area contributed by atoms with Gasteiger partial charge in [0.15, 0.2) is 0 Å². The van der Waals surface area contributed by atoms with Crippen molar-refractivity contribution in [1.29, 1.82) is 0 Å². The van der Waals surface area contributed by atoms with Crippen LogP contribution < -0.4 is 5.32 Å². The number of hydrogen-bond donors (Lipinski definition) is 1. The average Bonchev–Trinajstić information content (AvgIpc) is 3.13.